The predicted molar refractivity (Wildman–Crippen MR) is 114 cm³/mol. The Morgan fingerprint density at radius 1 is 1.24 bits per heavy atom. The summed E-state index contributed by atoms with van der Waals surface area (Å²) in [4.78, 5) is 19.5. The van der Waals surface area contributed by atoms with Gasteiger partial charge in [-0.2, -0.15) is 0 Å². The van der Waals surface area contributed by atoms with Gasteiger partial charge in [0, 0.05) is 45.0 Å². The molecule has 1 N–H and O–H groups in total. The molecule has 9 heteroatoms. The minimum Gasteiger partial charge on any atom is -0.381 e. The topological polar surface area (TPSA) is 88.6 Å². The van der Waals surface area contributed by atoms with E-state index >= 15 is 0 Å². The van der Waals surface area contributed by atoms with Crippen molar-refractivity contribution in [2.24, 2.45) is 5.92 Å². The summed E-state index contributed by atoms with van der Waals surface area (Å²) in [7, 11) is -3.31. The molecule has 0 unspecified atom stereocenters. The molecule has 7 nitrogen and oxygen atoms in total. The maximum absolute atomic E-state index is 12.3. The molecule has 2 aromatic rings. The van der Waals surface area contributed by atoms with Crippen LogP contribution in [0.2, 0.25) is 0 Å². The van der Waals surface area contributed by atoms with Crippen LogP contribution in [0.5, 0.6) is 0 Å². The number of sulfone groups is 1. The number of para-hydroxylation sites is 1. The van der Waals surface area contributed by atoms with Crippen molar-refractivity contribution >= 4 is 42.4 Å². The zero-order valence-corrected chi connectivity index (χ0v) is 18.2. The molecule has 4 rings (SSSR count). The Balaban J connectivity index is 1.35. The fraction of sp³-hybridized carbons (Fsp3) is 0.600. The minimum atomic E-state index is -3.31. The summed E-state index contributed by atoms with van der Waals surface area (Å²) in [6.07, 6.45) is 5.47. The Labute approximate surface area is 175 Å². The van der Waals surface area contributed by atoms with Crippen molar-refractivity contribution in [3.05, 3.63) is 18.2 Å². The van der Waals surface area contributed by atoms with Crippen LogP contribution in [0.15, 0.2) is 23.1 Å². The van der Waals surface area contributed by atoms with Gasteiger partial charge in [-0.15, -0.1) is 0 Å². The summed E-state index contributed by atoms with van der Waals surface area (Å²) in [6, 6.07) is 5.55. The lowest BCUT2D eigenvalue weighted by Gasteiger charge is -2.32. The first-order chi connectivity index (χ1) is 13.9. The maximum atomic E-state index is 12.3. The molecule has 3 heterocycles. The summed E-state index contributed by atoms with van der Waals surface area (Å²) < 4.78 is 30.3. The van der Waals surface area contributed by atoms with E-state index in [-0.39, 0.29) is 16.8 Å². The number of fused-ring (bicyclic) bond motifs is 1. The summed E-state index contributed by atoms with van der Waals surface area (Å²) in [5.41, 5.74) is 0.563. The largest absolute Gasteiger partial charge is 0.381 e. The number of carbonyl (C=O) groups is 1. The van der Waals surface area contributed by atoms with Crippen molar-refractivity contribution in [3.8, 4) is 0 Å². The molecule has 29 heavy (non-hydrogen) atoms. The van der Waals surface area contributed by atoms with Crippen molar-refractivity contribution in [2.45, 2.75) is 43.0 Å². The van der Waals surface area contributed by atoms with E-state index in [1.54, 1.807) is 12.1 Å². The van der Waals surface area contributed by atoms with E-state index in [1.807, 2.05) is 6.07 Å². The number of carbonyl (C=O) groups excluding carboxylic acids is 1. The van der Waals surface area contributed by atoms with Gasteiger partial charge in [0.05, 0.1) is 9.60 Å². The van der Waals surface area contributed by atoms with Crippen LogP contribution >= 0.6 is 11.3 Å². The molecule has 0 bridgehead atoms. The molecule has 2 saturated heterocycles. The number of ether oxygens (including phenoxy) is 1. The molecule has 1 aromatic heterocycles. The van der Waals surface area contributed by atoms with Crippen molar-refractivity contribution in [1.29, 1.82) is 0 Å². The van der Waals surface area contributed by atoms with E-state index in [0.717, 1.165) is 61.8 Å². The van der Waals surface area contributed by atoms with Gasteiger partial charge in [0.1, 0.15) is 5.52 Å². The number of amides is 1. The highest BCUT2D eigenvalue weighted by Gasteiger charge is 2.25. The SMILES string of the molecule is CS(=O)(=O)c1cccc2sc(N3CCC(CC(=O)NC4CCOCC4)CC3)nc12. The van der Waals surface area contributed by atoms with Crippen LogP contribution in [0, 0.1) is 5.92 Å². The summed E-state index contributed by atoms with van der Waals surface area (Å²) in [5.74, 6) is 0.528. The van der Waals surface area contributed by atoms with E-state index in [4.69, 9.17) is 4.74 Å². The molecule has 1 amide bonds. The lowest BCUT2D eigenvalue weighted by atomic mass is 9.93. The van der Waals surface area contributed by atoms with E-state index < -0.39 is 9.84 Å². The number of nitrogens with one attached hydrogen (secondary N) is 1. The Hall–Kier alpha value is -1.71. The highest BCUT2D eigenvalue weighted by atomic mass is 32.2. The third-order valence-electron chi connectivity index (χ3n) is 5.72. The number of rotatable bonds is 5. The number of hydrogen-bond acceptors (Lipinski definition) is 7. The molecule has 158 valence electrons. The van der Waals surface area contributed by atoms with Gasteiger partial charge < -0.3 is 15.0 Å². The smallest absolute Gasteiger partial charge is 0.220 e. The third kappa shape index (κ3) is 4.90. The first-order valence-corrected chi connectivity index (χ1v) is 12.8. The Kier molecular flexibility index (Phi) is 6.08. The zero-order valence-electron chi connectivity index (χ0n) is 16.6. The van der Waals surface area contributed by atoms with Gasteiger partial charge in [0.25, 0.3) is 0 Å². The molecule has 0 aliphatic carbocycles. The van der Waals surface area contributed by atoms with Crippen molar-refractivity contribution in [2.75, 3.05) is 37.5 Å². The number of hydrogen-bond donors (Lipinski definition) is 1. The van der Waals surface area contributed by atoms with Gasteiger partial charge in [-0.05, 0) is 43.7 Å². The molecular formula is C20H27N3O4S2. The number of aromatic nitrogens is 1. The van der Waals surface area contributed by atoms with Gasteiger partial charge in [-0.1, -0.05) is 17.4 Å². The number of anilines is 1. The molecular weight excluding hydrogens is 410 g/mol. The number of thiazole rings is 1. The molecule has 2 aliphatic rings. The quantitative estimate of drug-likeness (QED) is 0.774. The van der Waals surface area contributed by atoms with Gasteiger partial charge in [-0.3, -0.25) is 4.79 Å². The van der Waals surface area contributed by atoms with Crippen LogP contribution in [-0.4, -0.2) is 57.9 Å². The Morgan fingerprint density at radius 2 is 1.97 bits per heavy atom. The monoisotopic (exact) mass is 437 g/mol. The Bertz CT molecular complexity index is 975. The van der Waals surface area contributed by atoms with Crippen LogP contribution in [-0.2, 0) is 19.4 Å². The molecule has 2 aliphatic heterocycles. The van der Waals surface area contributed by atoms with Crippen LogP contribution < -0.4 is 10.2 Å². The highest BCUT2D eigenvalue weighted by molar-refractivity contribution is 7.91. The highest BCUT2D eigenvalue weighted by Crippen LogP contribution is 2.34. The van der Waals surface area contributed by atoms with Gasteiger partial charge in [0.15, 0.2) is 15.0 Å². The summed E-state index contributed by atoms with van der Waals surface area (Å²) in [5, 5.41) is 4.01. The van der Waals surface area contributed by atoms with E-state index in [0.29, 0.717) is 17.9 Å². The fourth-order valence-electron chi connectivity index (χ4n) is 4.07. The van der Waals surface area contributed by atoms with Crippen LogP contribution in [0.4, 0.5) is 5.13 Å². The van der Waals surface area contributed by atoms with Crippen molar-refractivity contribution in [3.63, 3.8) is 0 Å². The van der Waals surface area contributed by atoms with E-state index in [9.17, 15) is 13.2 Å². The van der Waals surface area contributed by atoms with Crippen molar-refractivity contribution < 1.29 is 17.9 Å². The average Bonchev–Trinajstić information content (AvgIpc) is 3.12. The predicted octanol–water partition coefficient (Wildman–Crippen LogP) is 2.60. The zero-order chi connectivity index (χ0) is 20.4. The van der Waals surface area contributed by atoms with E-state index in [1.165, 1.54) is 17.6 Å². The van der Waals surface area contributed by atoms with Crippen molar-refractivity contribution in [1.82, 2.24) is 10.3 Å². The number of piperidine rings is 1. The second kappa shape index (κ2) is 8.57. The molecule has 0 radical (unpaired) electrons. The Morgan fingerprint density at radius 3 is 2.66 bits per heavy atom. The van der Waals surface area contributed by atoms with E-state index in [2.05, 4.69) is 15.2 Å². The molecule has 2 fully saturated rings. The number of benzene rings is 1. The molecule has 0 saturated carbocycles. The molecule has 0 spiro atoms. The summed E-state index contributed by atoms with van der Waals surface area (Å²) >= 11 is 1.53. The lowest BCUT2D eigenvalue weighted by molar-refractivity contribution is -0.123. The van der Waals surface area contributed by atoms with Gasteiger partial charge in [-0.25, -0.2) is 13.4 Å². The van der Waals surface area contributed by atoms with Crippen LogP contribution in [0.3, 0.4) is 0 Å². The summed E-state index contributed by atoms with van der Waals surface area (Å²) in [6.45, 7) is 3.13. The average molecular weight is 438 g/mol. The third-order valence-corrected chi connectivity index (χ3v) is 7.93. The van der Waals surface area contributed by atoms with Crippen LogP contribution in [0.25, 0.3) is 10.2 Å². The van der Waals surface area contributed by atoms with Crippen LogP contribution in [0.1, 0.15) is 32.1 Å². The normalized spacial score (nSPS) is 19.6. The number of nitrogens with zero attached hydrogens (tertiary/aromatic N) is 2. The van der Waals surface area contributed by atoms with Gasteiger partial charge >= 0.3 is 0 Å². The minimum absolute atomic E-state index is 0.146. The second-order valence-corrected chi connectivity index (χ2v) is 11.0. The molecule has 1 aromatic carbocycles. The maximum Gasteiger partial charge on any atom is 0.220 e. The first kappa shape index (κ1) is 20.6. The first-order valence-electron chi connectivity index (χ1n) is 10.1. The van der Waals surface area contributed by atoms with Gasteiger partial charge in [0.2, 0.25) is 5.91 Å². The second-order valence-electron chi connectivity index (χ2n) is 7.96. The lowest BCUT2D eigenvalue weighted by Crippen LogP contribution is -2.41. The fourth-order valence-corrected chi connectivity index (χ4v) is 6.01. The standard InChI is InChI=1S/C20H27N3O4S2/c1-29(25,26)17-4-2-3-16-19(17)22-20(28-16)23-9-5-14(6-10-23)13-18(24)21-15-7-11-27-12-8-15/h2-4,14-15H,5-13H2,1H3,(H,21,24). The molecule has 0 atom stereocenters.